The van der Waals surface area contributed by atoms with Gasteiger partial charge in [0.1, 0.15) is 12.2 Å². The largest absolute Gasteiger partial charge is 0.314 e. The third-order valence-electron chi connectivity index (χ3n) is 6.02. The van der Waals surface area contributed by atoms with E-state index in [1.54, 1.807) is 18.2 Å². The highest BCUT2D eigenvalue weighted by Crippen LogP contribution is 2.54. The second kappa shape index (κ2) is 5.28. The maximum atomic E-state index is 12.7. The van der Waals surface area contributed by atoms with Gasteiger partial charge in [-0.25, -0.2) is 12.7 Å². The van der Waals surface area contributed by atoms with Crippen molar-refractivity contribution in [3.8, 4) is 0 Å². The molecule has 0 aromatic carbocycles. The summed E-state index contributed by atoms with van der Waals surface area (Å²) in [6.45, 7) is 4.79. The Bertz CT molecular complexity index is 687. The van der Waals surface area contributed by atoms with Crippen LogP contribution in [0.1, 0.15) is 70.2 Å². The van der Waals surface area contributed by atoms with Gasteiger partial charge in [-0.05, 0) is 44.9 Å². The minimum atomic E-state index is -3.21. The molecule has 1 aromatic rings. The van der Waals surface area contributed by atoms with Crippen LogP contribution in [0.3, 0.4) is 0 Å². The Morgan fingerprint density at radius 1 is 1.26 bits per heavy atom. The molecule has 1 aromatic heterocycles. The number of nitrogens with zero attached hydrogens (tertiary/aromatic N) is 4. The van der Waals surface area contributed by atoms with E-state index in [9.17, 15) is 8.42 Å². The van der Waals surface area contributed by atoms with Crippen LogP contribution in [0.4, 0.5) is 0 Å². The molecule has 3 aliphatic rings. The van der Waals surface area contributed by atoms with Crippen molar-refractivity contribution >= 4 is 10.0 Å². The highest BCUT2D eigenvalue weighted by molar-refractivity contribution is 7.89. The van der Waals surface area contributed by atoms with Gasteiger partial charge >= 0.3 is 0 Å². The van der Waals surface area contributed by atoms with Crippen molar-refractivity contribution in [3.05, 3.63) is 12.2 Å². The highest BCUT2D eigenvalue weighted by atomic mass is 32.2. The Morgan fingerprint density at radius 3 is 2.57 bits per heavy atom. The van der Waals surface area contributed by atoms with E-state index in [2.05, 4.69) is 14.8 Å². The number of hydrogen-bond donors (Lipinski definition) is 0. The first-order valence-corrected chi connectivity index (χ1v) is 10.3. The quantitative estimate of drug-likeness (QED) is 0.845. The van der Waals surface area contributed by atoms with Crippen molar-refractivity contribution in [2.24, 2.45) is 5.41 Å². The number of rotatable bonds is 4. The van der Waals surface area contributed by atoms with Gasteiger partial charge in [0, 0.05) is 25.0 Å². The van der Waals surface area contributed by atoms with Crippen LogP contribution in [-0.2, 0) is 10.0 Å². The lowest BCUT2D eigenvalue weighted by atomic mass is 9.76. The topological polar surface area (TPSA) is 68.1 Å². The third kappa shape index (κ3) is 2.43. The maximum Gasteiger partial charge on any atom is 0.216 e. The average Bonchev–Trinajstić information content (AvgIpc) is 2.95. The van der Waals surface area contributed by atoms with E-state index in [0.29, 0.717) is 19.1 Å². The van der Waals surface area contributed by atoms with Gasteiger partial charge in [0.05, 0.1) is 5.25 Å². The maximum absolute atomic E-state index is 12.7. The van der Waals surface area contributed by atoms with E-state index in [1.807, 2.05) is 6.33 Å². The van der Waals surface area contributed by atoms with Crippen LogP contribution >= 0.6 is 0 Å². The zero-order chi connectivity index (χ0) is 16.2. The summed E-state index contributed by atoms with van der Waals surface area (Å²) in [5.74, 6) is 1.22. The van der Waals surface area contributed by atoms with E-state index in [0.717, 1.165) is 18.7 Å². The van der Waals surface area contributed by atoms with Gasteiger partial charge in [-0.15, -0.1) is 10.2 Å². The first kappa shape index (κ1) is 15.6. The molecule has 0 radical (unpaired) electrons. The second-order valence-electron chi connectivity index (χ2n) is 7.84. The molecular weight excluding hydrogens is 312 g/mol. The third-order valence-corrected chi connectivity index (χ3v) is 8.21. The van der Waals surface area contributed by atoms with Crippen LogP contribution < -0.4 is 0 Å². The number of hydrogen-bond acceptors (Lipinski definition) is 4. The number of aromatic nitrogens is 3. The van der Waals surface area contributed by atoms with Crippen molar-refractivity contribution in [1.29, 1.82) is 0 Å². The van der Waals surface area contributed by atoms with Gasteiger partial charge in [0.25, 0.3) is 0 Å². The second-order valence-corrected chi connectivity index (χ2v) is 10.3. The van der Waals surface area contributed by atoms with Gasteiger partial charge in [-0.1, -0.05) is 12.8 Å². The van der Waals surface area contributed by atoms with E-state index >= 15 is 0 Å². The van der Waals surface area contributed by atoms with Crippen LogP contribution in [0.15, 0.2) is 6.33 Å². The van der Waals surface area contributed by atoms with Gasteiger partial charge in [0.15, 0.2) is 0 Å². The number of sulfonamides is 1. The van der Waals surface area contributed by atoms with Crippen LogP contribution in [0.5, 0.6) is 0 Å². The summed E-state index contributed by atoms with van der Waals surface area (Å²) in [6.07, 6.45) is 8.85. The Kier molecular flexibility index (Phi) is 3.57. The molecule has 7 heteroatoms. The molecule has 3 fully saturated rings. The van der Waals surface area contributed by atoms with E-state index in [-0.39, 0.29) is 16.6 Å². The highest BCUT2D eigenvalue weighted by Gasteiger charge is 2.53. The molecule has 1 saturated heterocycles. The molecule has 1 spiro atoms. The zero-order valence-electron chi connectivity index (χ0n) is 14.0. The summed E-state index contributed by atoms with van der Waals surface area (Å²) in [4.78, 5) is 0. The fourth-order valence-electron chi connectivity index (χ4n) is 4.49. The van der Waals surface area contributed by atoms with E-state index in [1.165, 1.54) is 25.7 Å². The summed E-state index contributed by atoms with van der Waals surface area (Å²) in [5, 5.41) is 8.22. The molecule has 4 rings (SSSR count). The minimum absolute atomic E-state index is 0.0711. The lowest BCUT2D eigenvalue weighted by molar-refractivity contribution is 0.272. The molecule has 2 saturated carbocycles. The molecule has 0 amide bonds. The Morgan fingerprint density at radius 2 is 1.96 bits per heavy atom. The van der Waals surface area contributed by atoms with Crippen LogP contribution in [0.25, 0.3) is 0 Å². The smallest absolute Gasteiger partial charge is 0.216 e. The van der Waals surface area contributed by atoms with Gasteiger partial charge in [-0.2, -0.15) is 0 Å². The predicted molar refractivity (Wildman–Crippen MR) is 87.6 cm³/mol. The van der Waals surface area contributed by atoms with Crippen molar-refractivity contribution in [2.75, 3.05) is 13.1 Å². The van der Waals surface area contributed by atoms with Crippen LogP contribution in [0.2, 0.25) is 0 Å². The lowest BCUT2D eigenvalue weighted by Gasteiger charge is -2.29. The summed E-state index contributed by atoms with van der Waals surface area (Å²) >= 11 is 0. The molecule has 1 aliphatic heterocycles. The molecule has 0 N–H and O–H groups in total. The van der Waals surface area contributed by atoms with Crippen LogP contribution in [-0.4, -0.2) is 45.8 Å². The summed E-state index contributed by atoms with van der Waals surface area (Å²) < 4.78 is 29.4. The van der Waals surface area contributed by atoms with Gasteiger partial charge in [0.2, 0.25) is 10.0 Å². The minimum Gasteiger partial charge on any atom is -0.314 e. The molecule has 0 bridgehead atoms. The van der Waals surface area contributed by atoms with Crippen molar-refractivity contribution in [2.45, 2.75) is 69.6 Å². The van der Waals surface area contributed by atoms with Crippen molar-refractivity contribution in [1.82, 2.24) is 19.1 Å². The molecule has 1 atom stereocenters. The molecule has 23 heavy (non-hydrogen) atoms. The summed E-state index contributed by atoms with van der Waals surface area (Å²) in [7, 11) is -3.21. The Hall–Kier alpha value is -0.950. The molecule has 128 valence electrons. The average molecular weight is 338 g/mol. The van der Waals surface area contributed by atoms with Crippen LogP contribution in [0, 0.1) is 5.41 Å². The lowest BCUT2D eigenvalue weighted by Crippen LogP contribution is -2.36. The molecule has 2 aliphatic carbocycles. The fourth-order valence-corrected chi connectivity index (χ4v) is 5.88. The summed E-state index contributed by atoms with van der Waals surface area (Å²) in [6, 6.07) is 0.536. The van der Waals surface area contributed by atoms with E-state index in [4.69, 9.17) is 0 Å². The standard InChI is InChI=1S/C16H26N4O2S/c1-12(2)23(21,22)19-9-14(16(10-19)7-3-4-8-16)15-18-17-11-20(15)13-5-6-13/h11-14H,3-10H2,1-2H3. The van der Waals surface area contributed by atoms with Gasteiger partial charge in [-0.3, -0.25) is 0 Å². The molecule has 1 unspecified atom stereocenters. The van der Waals surface area contributed by atoms with Gasteiger partial charge < -0.3 is 4.57 Å². The molecule has 6 nitrogen and oxygen atoms in total. The van der Waals surface area contributed by atoms with Crippen molar-refractivity contribution in [3.63, 3.8) is 0 Å². The first-order valence-electron chi connectivity index (χ1n) is 8.82. The monoisotopic (exact) mass is 338 g/mol. The fraction of sp³-hybridized carbons (Fsp3) is 0.875. The Balaban J connectivity index is 1.71. The first-order chi connectivity index (χ1) is 10.9. The molecular formula is C16H26N4O2S. The summed E-state index contributed by atoms with van der Waals surface area (Å²) in [5.41, 5.74) is 0.0711. The normalized spacial score (nSPS) is 28.2. The Labute approximate surface area is 138 Å². The van der Waals surface area contributed by atoms with E-state index < -0.39 is 10.0 Å². The predicted octanol–water partition coefficient (Wildman–Crippen LogP) is 2.31. The van der Waals surface area contributed by atoms with Crippen molar-refractivity contribution < 1.29 is 8.42 Å². The zero-order valence-corrected chi connectivity index (χ0v) is 14.8. The SMILES string of the molecule is CC(C)S(=O)(=O)N1CC(c2nncn2C2CC2)C2(CCCC2)C1. The molecule has 2 heterocycles.